The number of hydrogen-bond acceptors (Lipinski definition) is 4. The van der Waals surface area contributed by atoms with Crippen molar-refractivity contribution in [3.05, 3.63) is 59.7 Å². The summed E-state index contributed by atoms with van der Waals surface area (Å²) in [6.45, 7) is 5.68. The number of allylic oxidation sites excluding steroid dienone is 3. The predicted octanol–water partition coefficient (Wildman–Crippen LogP) is 3.58. The predicted molar refractivity (Wildman–Crippen MR) is 92.8 cm³/mol. The standard InChI is InChI=1S/C20H22O4/c1-4-8-16(2)11-13-20(22)24-17(3)12-14-19(21)23-15-18-9-6-5-7-10-18/h5-11,13,17H,4,15H2,1-3H3/b13-11+,16-8+/t17-/m1/s1. The lowest BCUT2D eigenvalue weighted by Gasteiger charge is -2.04. The molecule has 1 aromatic carbocycles. The molecule has 0 aliphatic rings. The Morgan fingerprint density at radius 3 is 2.58 bits per heavy atom. The van der Waals surface area contributed by atoms with E-state index in [1.807, 2.05) is 50.3 Å². The Hall–Kier alpha value is -2.80. The van der Waals surface area contributed by atoms with Crippen LogP contribution in [0.3, 0.4) is 0 Å². The van der Waals surface area contributed by atoms with Gasteiger partial charge >= 0.3 is 11.9 Å². The summed E-state index contributed by atoms with van der Waals surface area (Å²) >= 11 is 0. The van der Waals surface area contributed by atoms with E-state index in [1.165, 1.54) is 6.08 Å². The molecule has 4 heteroatoms. The fourth-order valence-corrected chi connectivity index (χ4v) is 1.75. The summed E-state index contributed by atoms with van der Waals surface area (Å²) in [7, 11) is 0. The molecule has 0 amide bonds. The van der Waals surface area contributed by atoms with Crippen molar-refractivity contribution < 1.29 is 19.1 Å². The van der Waals surface area contributed by atoms with Gasteiger partial charge in [0.15, 0.2) is 6.10 Å². The third kappa shape index (κ3) is 8.60. The van der Waals surface area contributed by atoms with Crippen molar-refractivity contribution in [3.8, 4) is 11.8 Å². The van der Waals surface area contributed by atoms with E-state index in [0.29, 0.717) is 0 Å². The number of hydrogen-bond donors (Lipinski definition) is 0. The van der Waals surface area contributed by atoms with Crippen molar-refractivity contribution in [3.63, 3.8) is 0 Å². The lowest BCUT2D eigenvalue weighted by molar-refractivity contribution is -0.140. The molecule has 0 unspecified atom stereocenters. The lowest BCUT2D eigenvalue weighted by atomic mass is 10.2. The largest absolute Gasteiger partial charge is 0.451 e. The lowest BCUT2D eigenvalue weighted by Crippen LogP contribution is -2.11. The van der Waals surface area contributed by atoms with Crippen LogP contribution in [0.4, 0.5) is 0 Å². The van der Waals surface area contributed by atoms with Crippen LogP contribution in [-0.2, 0) is 25.7 Å². The monoisotopic (exact) mass is 326 g/mol. The second-order valence-corrected chi connectivity index (χ2v) is 5.10. The molecule has 0 saturated carbocycles. The topological polar surface area (TPSA) is 52.6 Å². The molecular formula is C20H22O4. The van der Waals surface area contributed by atoms with Gasteiger partial charge in [0, 0.05) is 12.0 Å². The first kappa shape index (κ1) is 19.2. The molecule has 0 bridgehead atoms. The SMILES string of the molecule is CC/C=C(C)/C=C/C(=O)O[C@H](C)C#CC(=O)OCc1ccccc1. The molecule has 126 valence electrons. The van der Waals surface area contributed by atoms with E-state index in [-0.39, 0.29) is 6.61 Å². The second kappa shape index (κ2) is 10.8. The van der Waals surface area contributed by atoms with Gasteiger partial charge in [-0.05, 0) is 31.8 Å². The molecule has 1 atom stereocenters. The molecule has 0 fully saturated rings. The zero-order valence-corrected chi connectivity index (χ0v) is 14.2. The molecule has 1 aromatic rings. The van der Waals surface area contributed by atoms with Crippen molar-refractivity contribution in [2.24, 2.45) is 0 Å². The average molecular weight is 326 g/mol. The van der Waals surface area contributed by atoms with Crippen molar-refractivity contribution >= 4 is 11.9 Å². The van der Waals surface area contributed by atoms with Crippen LogP contribution in [0.1, 0.15) is 32.8 Å². The Morgan fingerprint density at radius 1 is 1.21 bits per heavy atom. The van der Waals surface area contributed by atoms with E-state index in [4.69, 9.17) is 9.47 Å². The second-order valence-electron chi connectivity index (χ2n) is 5.10. The highest BCUT2D eigenvalue weighted by Crippen LogP contribution is 2.01. The quantitative estimate of drug-likeness (QED) is 0.264. The molecule has 0 radical (unpaired) electrons. The van der Waals surface area contributed by atoms with Crippen LogP contribution in [0, 0.1) is 11.8 Å². The van der Waals surface area contributed by atoms with E-state index < -0.39 is 18.0 Å². The van der Waals surface area contributed by atoms with Gasteiger partial charge in [0.2, 0.25) is 0 Å². The Balaban J connectivity index is 2.40. The van der Waals surface area contributed by atoms with Gasteiger partial charge in [-0.1, -0.05) is 55.0 Å². The maximum absolute atomic E-state index is 11.6. The van der Waals surface area contributed by atoms with Crippen LogP contribution < -0.4 is 0 Å². The van der Waals surface area contributed by atoms with Gasteiger partial charge < -0.3 is 9.47 Å². The molecule has 0 aromatic heterocycles. The van der Waals surface area contributed by atoms with Gasteiger partial charge in [-0.2, -0.15) is 0 Å². The van der Waals surface area contributed by atoms with Gasteiger partial charge in [-0.3, -0.25) is 0 Å². The van der Waals surface area contributed by atoms with Crippen molar-refractivity contribution in [2.75, 3.05) is 0 Å². The first-order valence-electron chi connectivity index (χ1n) is 7.79. The van der Waals surface area contributed by atoms with E-state index in [0.717, 1.165) is 17.6 Å². The number of esters is 2. The summed E-state index contributed by atoms with van der Waals surface area (Å²) in [4.78, 5) is 23.1. The molecule has 0 aliphatic heterocycles. The number of rotatable bonds is 6. The smallest absolute Gasteiger partial charge is 0.384 e. The zero-order valence-electron chi connectivity index (χ0n) is 14.2. The molecule has 1 rings (SSSR count). The highest BCUT2D eigenvalue weighted by atomic mass is 16.5. The minimum Gasteiger partial charge on any atom is -0.451 e. The fraction of sp³-hybridized carbons (Fsp3) is 0.300. The Labute approximate surface area is 143 Å². The maximum Gasteiger partial charge on any atom is 0.384 e. The van der Waals surface area contributed by atoms with Crippen LogP contribution in [0.15, 0.2) is 54.1 Å². The van der Waals surface area contributed by atoms with Gasteiger partial charge in [0.1, 0.15) is 6.61 Å². The van der Waals surface area contributed by atoms with E-state index in [9.17, 15) is 9.59 Å². The number of carbonyl (C=O) groups is 2. The Kier molecular flexibility index (Phi) is 8.70. The Bertz CT molecular complexity index is 660. The fourth-order valence-electron chi connectivity index (χ4n) is 1.75. The zero-order chi connectivity index (χ0) is 17.8. The van der Waals surface area contributed by atoms with Crippen LogP contribution in [-0.4, -0.2) is 18.0 Å². The third-order valence-corrected chi connectivity index (χ3v) is 2.89. The van der Waals surface area contributed by atoms with Crippen molar-refractivity contribution in [1.82, 2.24) is 0 Å². The number of ether oxygens (including phenoxy) is 2. The molecule has 0 aliphatic carbocycles. The third-order valence-electron chi connectivity index (χ3n) is 2.89. The van der Waals surface area contributed by atoms with Gasteiger partial charge in [-0.15, -0.1) is 0 Å². The van der Waals surface area contributed by atoms with Crippen LogP contribution >= 0.6 is 0 Å². The molecule has 4 nitrogen and oxygen atoms in total. The molecular weight excluding hydrogens is 304 g/mol. The van der Waals surface area contributed by atoms with Gasteiger partial charge in [0.05, 0.1) is 0 Å². The van der Waals surface area contributed by atoms with Crippen molar-refractivity contribution in [2.45, 2.75) is 39.9 Å². The van der Waals surface area contributed by atoms with E-state index in [1.54, 1.807) is 13.0 Å². The Morgan fingerprint density at radius 2 is 1.92 bits per heavy atom. The molecule has 0 heterocycles. The summed E-state index contributed by atoms with van der Waals surface area (Å²) in [5.41, 5.74) is 1.87. The summed E-state index contributed by atoms with van der Waals surface area (Å²) < 4.78 is 10.1. The molecule has 24 heavy (non-hydrogen) atoms. The van der Waals surface area contributed by atoms with E-state index >= 15 is 0 Å². The van der Waals surface area contributed by atoms with Gasteiger partial charge in [0.25, 0.3) is 0 Å². The first-order chi connectivity index (χ1) is 11.5. The van der Waals surface area contributed by atoms with Crippen LogP contribution in [0.5, 0.6) is 0 Å². The average Bonchev–Trinajstić information content (AvgIpc) is 2.57. The van der Waals surface area contributed by atoms with Crippen molar-refractivity contribution in [1.29, 1.82) is 0 Å². The highest BCUT2D eigenvalue weighted by molar-refractivity contribution is 5.88. The number of benzene rings is 1. The maximum atomic E-state index is 11.6. The minimum absolute atomic E-state index is 0.161. The molecule has 0 saturated heterocycles. The first-order valence-corrected chi connectivity index (χ1v) is 7.79. The summed E-state index contributed by atoms with van der Waals surface area (Å²) in [6, 6.07) is 9.32. The van der Waals surface area contributed by atoms with Crippen LogP contribution in [0.25, 0.3) is 0 Å². The number of carbonyl (C=O) groups excluding carboxylic acids is 2. The summed E-state index contributed by atoms with van der Waals surface area (Å²) in [6.07, 6.45) is 5.23. The molecule has 0 spiro atoms. The van der Waals surface area contributed by atoms with Gasteiger partial charge in [-0.25, -0.2) is 9.59 Å². The summed E-state index contributed by atoms with van der Waals surface area (Å²) in [5.74, 6) is 3.71. The van der Waals surface area contributed by atoms with E-state index in [2.05, 4.69) is 11.8 Å². The normalized spacial score (nSPS) is 12.2. The van der Waals surface area contributed by atoms with Crippen LogP contribution in [0.2, 0.25) is 0 Å². The summed E-state index contributed by atoms with van der Waals surface area (Å²) in [5, 5.41) is 0. The molecule has 0 N–H and O–H groups in total. The minimum atomic E-state index is -0.693. The highest BCUT2D eigenvalue weighted by Gasteiger charge is 2.04.